The summed E-state index contributed by atoms with van der Waals surface area (Å²) < 4.78 is 5.23. The first-order valence-electron chi connectivity index (χ1n) is 8.36. The van der Waals surface area contributed by atoms with E-state index in [0.717, 1.165) is 34.9 Å². The molecule has 1 aliphatic heterocycles. The van der Waals surface area contributed by atoms with E-state index in [-0.39, 0.29) is 5.91 Å². The highest BCUT2D eigenvalue weighted by Crippen LogP contribution is 2.35. The maximum atomic E-state index is 12.4. The van der Waals surface area contributed by atoms with E-state index in [9.17, 15) is 4.79 Å². The lowest BCUT2D eigenvalue weighted by Gasteiger charge is -2.35. The van der Waals surface area contributed by atoms with Gasteiger partial charge >= 0.3 is 0 Å². The summed E-state index contributed by atoms with van der Waals surface area (Å²) in [6, 6.07) is 3.45. The van der Waals surface area contributed by atoms with Crippen LogP contribution in [0.4, 0.5) is 5.82 Å². The van der Waals surface area contributed by atoms with Crippen LogP contribution >= 0.6 is 11.3 Å². The number of rotatable bonds is 2. The lowest BCUT2D eigenvalue weighted by atomic mass is 10.2. The third-order valence-corrected chi connectivity index (χ3v) is 5.82. The van der Waals surface area contributed by atoms with Crippen LogP contribution in [0.5, 0.6) is 0 Å². The van der Waals surface area contributed by atoms with Crippen LogP contribution in [0.2, 0.25) is 0 Å². The van der Waals surface area contributed by atoms with Gasteiger partial charge in [-0.3, -0.25) is 4.79 Å². The molecule has 1 fully saturated rings. The molecule has 0 aromatic carbocycles. The summed E-state index contributed by atoms with van der Waals surface area (Å²) in [6.45, 7) is 9.02. The first-order chi connectivity index (χ1) is 12.0. The molecule has 0 spiro atoms. The van der Waals surface area contributed by atoms with Crippen LogP contribution in [0.3, 0.4) is 0 Å². The van der Waals surface area contributed by atoms with Crippen molar-refractivity contribution in [1.82, 2.24) is 14.9 Å². The second kappa shape index (κ2) is 6.15. The topological polar surface area (TPSA) is 62.5 Å². The van der Waals surface area contributed by atoms with Crippen LogP contribution in [-0.2, 0) is 0 Å². The van der Waals surface area contributed by atoms with Gasteiger partial charge in [0, 0.05) is 31.1 Å². The Morgan fingerprint density at radius 1 is 1.16 bits per heavy atom. The van der Waals surface area contributed by atoms with E-state index in [1.807, 2.05) is 11.8 Å². The van der Waals surface area contributed by atoms with E-state index in [1.165, 1.54) is 16.7 Å². The van der Waals surface area contributed by atoms with Gasteiger partial charge in [0.2, 0.25) is 0 Å². The Bertz CT molecular complexity index is 924. The molecule has 0 aliphatic carbocycles. The van der Waals surface area contributed by atoms with Crippen molar-refractivity contribution in [2.24, 2.45) is 0 Å². The van der Waals surface area contributed by atoms with Crippen molar-refractivity contribution < 1.29 is 9.21 Å². The Morgan fingerprint density at radius 2 is 1.92 bits per heavy atom. The second-order valence-electron chi connectivity index (χ2n) is 6.31. The summed E-state index contributed by atoms with van der Waals surface area (Å²) in [5, 5.41) is 1.15. The minimum atomic E-state index is -0.0452. The molecule has 0 atom stereocenters. The highest BCUT2D eigenvalue weighted by molar-refractivity contribution is 7.18. The van der Waals surface area contributed by atoms with Crippen LogP contribution in [0.15, 0.2) is 22.8 Å². The molecule has 4 heterocycles. The standard InChI is InChI=1S/C18H20N4O2S/c1-11-12(2)25-17-15(11)16(19-13(3)20-17)21-6-8-22(9-7-21)18(23)14-5-4-10-24-14/h4-5,10H,6-9H2,1-3H3. The molecule has 1 amide bonds. The predicted octanol–water partition coefficient (Wildman–Crippen LogP) is 3.17. The van der Waals surface area contributed by atoms with Crippen molar-refractivity contribution in [3.63, 3.8) is 0 Å². The van der Waals surface area contributed by atoms with E-state index in [2.05, 4.69) is 23.7 Å². The van der Waals surface area contributed by atoms with Crippen LogP contribution in [-0.4, -0.2) is 47.0 Å². The molecule has 1 saturated heterocycles. The van der Waals surface area contributed by atoms with Gasteiger partial charge < -0.3 is 14.2 Å². The molecule has 0 bridgehead atoms. The molecule has 0 N–H and O–H groups in total. The van der Waals surface area contributed by atoms with E-state index in [4.69, 9.17) is 9.40 Å². The van der Waals surface area contributed by atoms with Crippen molar-refractivity contribution in [2.45, 2.75) is 20.8 Å². The number of fused-ring (bicyclic) bond motifs is 1. The second-order valence-corrected chi connectivity index (χ2v) is 7.52. The number of amides is 1. The van der Waals surface area contributed by atoms with E-state index >= 15 is 0 Å². The molecule has 25 heavy (non-hydrogen) atoms. The first-order valence-corrected chi connectivity index (χ1v) is 9.18. The lowest BCUT2D eigenvalue weighted by molar-refractivity contribution is 0.0714. The van der Waals surface area contributed by atoms with Gasteiger partial charge in [0.1, 0.15) is 16.5 Å². The number of aromatic nitrogens is 2. The zero-order valence-electron chi connectivity index (χ0n) is 14.6. The molecule has 1 aliphatic rings. The SMILES string of the molecule is Cc1nc(N2CCN(C(=O)c3ccco3)CC2)c2c(C)c(C)sc2n1. The molecule has 7 heteroatoms. The van der Waals surface area contributed by atoms with Gasteiger partial charge in [0.25, 0.3) is 5.91 Å². The van der Waals surface area contributed by atoms with Crippen LogP contribution in [0.1, 0.15) is 26.8 Å². The zero-order valence-corrected chi connectivity index (χ0v) is 15.4. The number of hydrogen-bond donors (Lipinski definition) is 0. The molecule has 0 radical (unpaired) electrons. The Morgan fingerprint density at radius 3 is 2.60 bits per heavy atom. The van der Waals surface area contributed by atoms with Gasteiger partial charge in [0.15, 0.2) is 5.76 Å². The van der Waals surface area contributed by atoms with Crippen LogP contribution in [0.25, 0.3) is 10.2 Å². The summed E-state index contributed by atoms with van der Waals surface area (Å²) >= 11 is 1.72. The van der Waals surface area contributed by atoms with Crippen molar-refractivity contribution in [2.75, 3.05) is 31.1 Å². The highest BCUT2D eigenvalue weighted by atomic mass is 32.1. The molecular weight excluding hydrogens is 336 g/mol. The smallest absolute Gasteiger partial charge is 0.289 e. The number of carbonyl (C=O) groups is 1. The maximum absolute atomic E-state index is 12.4. The molecule has 3 aromatic rings. The molecule has 130 valence electrons. The summed E-state index contributed by atoms with van der Waals surface area (Å²) in [5.74, 6) is 2.14. The number of nitrogens with zero attached hydrogens (tertiary/aromatic N) is 4. The van der Waals surface area contributed by atoms with Gasteiger partial charge in [-0.25, -0.2) is 9.97 Å². The van der Waals surface area contributed by atoms with Gasteiger partial charge in [-0.15, -0.1) is 11.3 Å². The molecule has 0 unspecified atom stereocenters. The first kappa shape index (κ1) is 16.1. The lowest BCUT2D eigenvalue weighted by Crippen LogP contribution is -2.49. The number of carbonyl (C=O) groups excluding carboxylic acids is 1. The summed E-state index contributed by atoms with van der Waals surface area (Å²) in [6.07, 6.45) is 1.53. The van der Waals surface area contributed by atoms with E-state index < -0.39 is 0 Å². The minimum absolute atomic E-state index is 0.0452. The minimum Gasteiger partial charge on any atom is -0.459 e. The van der Waals surface area contributed by atoms with Gasteiger partial charge in [-0.2, -0.15) is 0 Å². The molecule has 3 aromatic heterocycles. The zero-order chi connectivity index (χ0) is 17.6. The van der Waals surface area contributed by atoms with Gasteiger partial charge in [-0.05, 0) is 38.5 Å². The van der Waals surface area contributed by atoms with Crippen molar-refractivity contribution in [1.29, 1.82) is 0 Å². The fourth-order valence-electron chi connectivity index (χ4n) is 3.24. The monoisotopic (exact) mass is 356 g/mol. The fraction of sp³-hybridized carbons (Fsp3) is 0.389. The Balaban J connectivity index is 1.59. The normalized spacial score (nSPS) is 15.2. The molecule has 0 saturated carbocycles. The van der Waals surface area contributed by atoms with Crippen molar-refractivity contribution in [3.8, 4) is 0 Å². The summed E-state index contributed by atoms with van der Waals surface area (Å²) in [5.41, 5.74) is 1.25. The fourth-order valence-corrected chi connectivity index (χ4v) is 4.31. The number of piperazine rings is 1. The average molecular weight is 356 g/mol. The van der Waals surface area contributed by atoms with Gasteiger partial charge in [0.05, 0.1) is 11.6 Å². The van der Waals surface area contributed by atoms with Crippen LogP contribution < -0.4 is 4.90 Å². The van der Waals surface area contributed by atoms with Crippen molar-refractivity contribution in [3.05, 3.63) is 40.4 Å². The van der Waals surface area contributed by atoms with E-state index in [0.29, 0.717) is 18.8 Å². The number of hydrogen-bond acceptors (Lipinski definition) is 6. The third-order valence-electron chi connectivity index (χ3n) is 4.72. The van der Waals surface area contributed by atoms with Crippen LogP contribution in [0, 0.1) is 20.8 Å². The number of aryl methyl sites for hydroxylation is 3. The summed E-state index contributed by atoms with van der Waals surface area (Å²) in [4.78, 5) is 28.2. The Kier molecular flexibility index (Phi) is 3.95. The average Bonchev–Trinajstić information content (AvgIpc) is 3.23. The quantitative estimate of drug-likeness (QED) is 0.706. The number of thiophene rings is 1. The Labute approximate surface area is 150 Å². The molecular formula is C18H20N4O2S. The highest BCUT2D eigenvalue weighted by Gasteiger charge is 2.26. The number of anilines is 1. The van der Waals surface area contributed by atoms with E-state index in [1.54, 1.807) is 23.5 Å². The third kappa shape index (κ3) is 2.78. The summed E-state index contributed by atoms with van der Waals surface area (Å²) in [7, 11) is 0. The molecule has 4 rings (SSSR count). The number of furan rings is 1. The Hall–Kier alpha value is -2.41. The van der Waals surface area contributed by atoms with Crippen molar-refractivity contribution >= 4 is 33.3 Å². The largest absolute Gasteiger partial charge is 0.459 e. The van der Waals surface area contributed by atoms with Gasteiger partial charge in [-0.1, -0.05) is 0 Å². The maximum Gasteiger partial charge on any atom is 0.289 e. The molecule has 6 nitrogen and oxygen atoms in total. The predicted molar refractivity (Wildman–Crippen MR) is 98.5 cm³/mol.